The zero-order chi connectivity index (χ0) is 26.3. The van der Waals surface area contributed by atoms with Crippen molar-refractivity contribution in [2.24, 2.45) is 0 Å². The van der Waals surface area contributed by atoms with Crippen molar-refractivity contribution in [3.63, 3.8) is 0 Å². The molecule has 2 aliphatic rings. The number of hydrogen-bond donors (Lipinski definition) is 0. The predicted molar refractivity (Wildman–Crippen MR) is 138 cm³/mol. The minimum absolute atomic E-state index is 0.208. The molecular weight excluding hydrogens is 497 g/mol. The van der Waals surface area contributed by atoms with Crippen LogP contribution < -0.4 is 19.1 Å². The molecule has 2 aromatic heterocycles. The molecule has 0 bridgehead atoms. The fourth-order valence-electron chi connectivity index (χ4n) is 4.73. The van der Waals surface area contributed by atoms with Crippen LogP contribution in [0, 0.1) is 6.92 Å². The average molecular weight is 523 g/mol. The Bertz CT molecular complexity index is 1520. The molecule has 0 N–H and O–H groups in total. The summed E-state index contributed by atoms with van der Waals surface area (Å²) in [5, 5.41) is 1.53. The van der Waals surface area contributed by atoms with Gasteiger partial charge in [0.05, 0.1) is 11.0 Å². The van der Waals surface area contributed by atoms with Crippen LogP contribution in [-0.4, -0.2) is 60.1 Å². The van der Waals surface area contributed by atoms with E-state index in [0.29, 0.717) is 17.5 Å². The largest absolute Gasteiger partial charge is 0.573 e. The number of benzene rings is 2. The number of pyridine rings is 2. The maximum atomic E-state index is 12.5. The third-order valence-electron chi connectivity index (χ3n) is 6.63. The first kappa shape index (κ1) is 24.1. The Kier molecular flexibility index (Phi) is 6.09. The molecule has 6 rings (SSSR count). The Morgan fingerprint density at radius 2 is 1.76 bits per heavy atom. The minimum atomic E-state index is -4.72. The fourth-order valence-corrected chi connectivity index (χ4v) is 4.73. The molecule has 7 nitrogen and oxygen atoms in total. The van der Waals surface area contributed by atoms with Crippen LogP contribution in [0.4, 0.5) is 19.0 Å². The molecule has 0 saturated carbocycles. The fraction of sp³-hybridized carbons (Fsp3) is 0.286. The first-order chi connectivity index (χ1) is 18.3. The van der Waals surface area contributed by atoms with Crippen molar-refractivity contribution in [2.45, 2.75) is 19.4 Å². The van der Waals surface area contributed by atoms with Gasteiger partial charge >= 0.3 is 6.36 Å². The van der Waals surface area contributed by atoms with Gasteiger partial charge in [-0.2, -0.15) is 0 Å². The van der Waals surface area contributed by atoms with E-state index in [-0.39, 0.29) is 11.9 Å². The molecule has 1 saturated heterocycles. The summed E-state index contributed by atoms with van der Waals surface area (Å²) < 4.78 is 53.7. The lowest BCUT2D eigenvalue weighted by Crippen LogP contribution is -2.44. The number of aryl methyl sites for hydroxylation is 1. The Labute approximate surface area is 217 Å². The van der Waals surface area contributed by atoms with E-state index in [1.165, 1.54) is 12.1 Å². The number of alkyl halides is 3. The molecule has 1 fully saturated rings. The Morgan fingerprint density at radius 3 is 2.58 bits per heavy atom. The SMILES string of the molecule is Cc1ccc2c3c(ccc2n1)OCC(/C=C/N1CCN(c2ccc4cc(OC(F)(F)F)ccc4n2)CC1)O3. The van der Waals surface area contributed by atoms with E-state index < -0.39 is 6.36 Å². The predicted octanol–water partition coefficient (Wildman–Crippen LogP) is 5.47. The number of anilines is 1. The molecule has 0 spiro atoms. The van der Waals surface area contributed by atoms with E-state index in [4.69, 9.17) is 9.47 Å². The number of rotatable bonds is 4. The van der Waals surface area contributed by atoms with Crippen LogP contribution in [0.25, 0.3) is 21.8 Å². The molecule has 4 aromatic rings. The van der Waals surface area contributed by atoms with Gasteiger partial charge in [-0.3, -0.25) is 4.98 Å². The van der Waals surface area contributed by atoms with Crippen LogP contribution in [0.1, 0.15) is 5.69 Å². The standard InChI is InChI=1S/C28H25F3N4O3/c1-18-2-5-22-24(32-18)7-8-25-27(22)37-21(17-36-25)10-11-34-12-14-35(15-13-34)26-9-3-19-16-20(38-28(29,30)31)4-6-23(19)33-26/h2-11,16,21H,12-15,17H2,1H3/b11-10+. The molecular formula is C28H25F3N4O3. The Hall–Kier alpha value is -4.21. The van der Waals surface area contributed by atoms with Crippen molar-refractivity contribution in [3.05, 3.63) is 72.6 Å². The lowest BCUT2D eigenvalue weighted by molar-refractivity contribution is -0.274. The molecule has 0 amide bonds. The molecule has 4 heterocycles. The van der Waals surface area contributed by atoms with Crippen LogP contribution >= 0.6 is 0 Å². The highest BCUT2D eigenvalue weighted by atomic mass is 19.4. The molecule has 1 unspecified atom stereocenters. The van der Waals surface area contributed by atoms with E-state index >= 15 is 0 Å². The highest BCUT2D eigenvalue weighted by molar-refractivity contribution is 5.88. The van der Waals surface area contributed by atoms with Gasteiger partial charge in [0.15, 0.2) is 17.6 Å². The van der Waals surface area contributed by atoms with Crippen molar-refractivity contribution in [1.29, 1.82) is 0 Å². The maximum Gasteiger partial charge on any atom is 0.573 e. The van der Waals surface area contributed by atoms with E-state index in [2.05, 4.69) is 30.7 Å². The van der Waals surface area contributed by atoms with Gasteiger partial charge in [0.2, 0.25) is 0 Å². The highest BCUT2D eigenvalue weighted by Crippen LogP contribution is 2.38. The van der Waals surface area contributed by atoms with Gasteiger partial charge in [-0.1, -0.05) is 0 Å². The second kappa shape index (κ2) is 9.59. The summed E-state index contributed by atoms with van der Waals surface area (Å²) in [6, 6.07) is 15.6. The van der Waals surface area contributed by atoms with Crippen LogP contribution in [-0.2, 0) is 0 Å². The van der Waals surface area contributed by atoms with E-state index in [1.807, 2.05) is 43.3 Å². The van der Waals surface area contributed by atoms with Gasteiger partial charge in [0.25, 0.3) is 0 Å². The van der Waals surface area contributed by atoms with E-state index in [1.54, 1.807) is 12.1 Å². The van der Waals surface area contributed by atoms with Crippen LogP contribution in [0.3, 0.4) is 0 Å². The summed E-state index contributed by atoms with van der Waals surface area (Å²) in [6.07, 6.45) is -0.852. The van der Waals surface area contributed by atoms with Crippen LogP contribution in [0.5, 0.6) is 17.2 Å². The average Bonchev–Trinajstić information content (AvgIpc) is 2.90. The van der Waals surface area contributed by atoms with Crippen molar-refractivity contribution in [3.8, 4) is 17.2 Å². The molecule has 1 atom stereocenters. The van der Waals surface area contributed by atoms with E-state index in [0.717, 1.165) is 60.1 Å². The number of aromatic nitrogens is 2. The zero-order valence-corrected chi connectivity index (χ0v) is 20.6. The molecule has 0 aliphatic carbocycles. The summed E-state index contributed by atoms with van der Waals surface area (Å²) in [7, 11) is 0. The van der Waals surface area contributed by atoms with Crippen molar-refractivity contribution < 1.29 is 27.4 Å². The Morgan fingerprint density at radius 1 is 0.947 bits per heavy atom. The number of ether oxygens (including phenoxy) is 3. The minimum Gasteiger partial charge on any atom is -0.485 e. The lowest BCUT2D eigenvalue weighted by Gasteiger charge is -2.35. The van der Waals surface area contributed by atoms with Crippen molar-refractivity contribution in [1.82, 2.24) is 14.9 Å². The van der Waals surface area contributed by atoms with Crippen LogP contribution in [0.15, 0.2) is 66.9 Å². The first-order valence-electron chi connectivity index (χ1n) is 12.3. The molecule has 38 heavy (non-hydrogen) atoms. The van der Waals surface area contributed by atoms with Gasteiger partial charge in [-0.05, 0) is 73.8 Å². The summed E-state index contributed by atoms with van der Waals surface area (Å²) in [5.41, 5.74) is 2.45. The molecule has 196 valence electrons. The second-order valence-electron chi connectivity index (χ2n) is 9.32. The van der Waals surface area contributed by atoms with Crippen molar-refractivity contribution >= 4 is 27.6 Å². The van der Waals surface area contributed by atoms with E-state index in [9.17, 15) is 13.2 Å². The third kappa shape index (κ3) is 5.11. The molecule has 0 radical (unpaired) electrons. The zero-order valence-electron chi connectivity index (χ0n) is 20.6. The quantitative estimate of drug-likeness (QED) is 0.353. The monoisotopic (exact) mass is 522 g/mol. The van der Waals surface area contributed by atoms with Gasteiger partial charge in [-0.25, -0.2) is 4.98 Å². The molecule has 2 aliphatic heterocycles. The highest BCUT2D eigenvalue weighted by Gasteiger charge is 2.31. The molecule has 2 aromatic carbocycles. The summed E-state index contributed by atoms with van der Waals surface area (Å²) in [5.74, 6) is 1.99. The van der Waals surface area contributed by atoms with Crippen molar-refractivity contribution in [2.75, 3.05) is 37.7 Å². The van der Waals surface area contributed by atoms with Gasteiger partial charge in [0.1, 0.15) is 18.2 Å². The smallest absolute Gasteiger partial charge is 0.485 e. The Balaban J connectivity index is 1.08. The van der Waals surface area contributed by atoms with Crippen LogP contribution in [0.2, 0.25) is 0 Å². The first-order valence-corrected chi connectivity index (χ1v) is 12.3. The van der Waals surface area contributed by atoms with Gasteiger partial charge in [0, 0.05) is 42.6 Å². The van der Waals surface area contributed by atoms with Gasteiger partial charge < -0.3 is 24.0 Å². The summed E-state index contributed by atoms with van der Waals surface area (Å²) in [6.45, 7) is 5.52. The number of piperazine rings is 1. The summed E-state index contributed by atoms with van der Waals surface area (Å²) in [4.78, 5) is 13.6. The van der Waals surface area contributed by atoms with Gasteiger partial charge in [-0.15, -0.1) is 13.2 Å². The third-order valence-corrected chi connectivity index (χ3v) is 6.63. The molecule has 10 heteroatoms. The number of fused-ring (bicyclic) bond motifs is 4. The normalized spacial score (nSPS) is 17.9. The number of halogens is 3. The topological polar surface area (TPSA) is 60.0 Å². The summed E-state index contributed by atoms with van der Waals surface area (Å²) >= 11 is 0. The maximum absolute atomic E-state index is 12.5. The number of nitrogens with zero attached hydrogens (tertiary/aromatic N) is 4. The number of hydrogen-bond acceptors (Lipinski definition) is 7. The lowest BCUT2D eigenvalue weighted by atomic mass is 10.1. The second-order valence-corrected chi connectivity index (χ2v) is 9.32.